The van der Waals surface area contributed by atoms with Crippen LogP contribution in [0.3, 0.4) is 0 Å². The van der Waals surface area contributed by atoms with Crippen LogP contribution in [0, 0.1) is 0 Å². The molecule has 26 heavy (non-hydrogen) atoms. The number of amides is 2. The maximum Gasteiger partial charge on any atom is 0.320 e. The van der Waals surface area contributed by atoms with Gasteiger partial charge >= 0.3 is 12.0 Å². The first-order valence-corrected chi connectivity index (χ1v) is 8.37. The molecule has 11 nitrogen and oxygen atoms in total. The molecule has 0 aliphatic rings. The Balaban J connectivity index is 4.14. The van der Waals surface area contributed by atoms with Gasteiger partial charge in [0.2, 0.25) is 0 Å². The summed E-state index contributed by atoms with van der Waals surface area (Å²) in [5, 5.41) is 61.1. The van der Waals surface area contributed by atoms with Crippen LogP contribution in [0.4, 0.5) is 4.79 Å². The van der Waals surface area contributed by atoms with E-state index in [1.54, 1.807) is 7.05 Å². The summed E-state index contributed by atoms with van der Waals surface area (Å²) < 4.78 is 0. The molecule has 0 rings (SSSR count). The fourth-order valence-electron chi connectivity index (χ4n) is 2.23. The number of carbonyl (C=O) groups excluding carboxylic acids is 1. The molecule has 0 aromatic heterocycles. The molecule has 0 aromatic rings. The Morgan fingerprint density at radius 3 is 2.12 bits per heavy atom. The molecule has 0 spiro atoms. The zero-order valence-electron chi connectivity index (χ0n) is 15.1. The quantitative estimate of drug-likeness (QED) is 0.153. The monoisotopic (exact) mass is 381 g/mol. The van der Waals surface area contributed by atoms with Gasteiger partial charge in [-0.05, 0) is 26.3 Å². The molecule has 0 aliphatic carbocycles. The topological polar surface area (TPSA) is 183 Å². The van der Waals surface area contributed by atoms with Crippen molar-refractivity contribution in [2.24, 2.45) is 0 Å². The molecule has 0 saturated carbocycles. The predicted octanol–water partition coefficient (Wildman–Crippen LogP) is -3.09. The van der Waals surface area contributed by atoms with Gasteiger partial charge in [-0.15, -0.1) is 0 Å². The fourth-order valence-corrected chi connectivity index (χ4v) is 2.23. The molecule has 5 atom stereocenters. The van der Waals surface area contributed by atoms with Crippen LogP contribution in [0.25, 0.3) is 0 Å². The first-order valence-electron chi connectivity index (χ1n) is 8.37. The fraction of sp³-hybridized carbons (Fsp3) is 0.867. The van der Waals surface area contributed by atoms with Gasteiger partial charge in [-0.2, -0.15) is 0 Å². The first-order chi connectivity index (χ1) is 12.1. The molecule has 8 N–H and O–H groups in total. The number of unbranched alkanes of at least 4 members (excludes halogenated alkanes) is 1. The second-order valence-corrected chi connectivity index (χ2v) is 6.09. The highest BCUT2D eigenvalue weighted by Gasteiger charge is 2.31. The van der Waals surface area contributed by atoms with Crippen molar-refractivity contribution >= 4 is 12.0 Å². The average Bonchev–Trinajstić information content (AvgIpc) is 2.61. The third kappa shape index (κ3) is 8.74. The molecule has 0 saturated heterocycles. The number of aliphatic carboxylic acids is 1. The lowest BCUT2D eigenvalue weighted by Gasteiger charge is -2.28. The van der Waals surface area contributed by atoms with Gasteiger partial charge in [-0.3, -0.25) is 4.79 Å². The Kier molecular flexibility index (Phi) is 12.1. The molecule has 154 valence electrons. The number of urea groups is 1. The van der Waals surface area contributed by atoms with Gasteiger partial charge in [0, 0.05) is 13.6 Å². The Bertz CT molecular complexity index is 426. The van der Waals surface area contributed by atoms with E-state index in [1.807, 2.05) is 0 Å². The maximum atomic E-state index is 11.9. The van der Waals surface area contributed by atoms with E-state index in [1.165, 1.54) is 7.05 Å². The van der Waals surface area contributed by atoms with Crippen LogP contribution < -0.4 is 10.6 Å². The molecule has 0 radical (unpaired) electrons. The zero-order valence-corrected chi connectivity index (χ0v) is 15.1. The highest BCUT2D eigenvalue weighted by atomic mass is 16.4. The van der Waals surface area contributed by atoms with Crippen LogP contribution in [0.2, 0.25) is 0 Å². The van der Waals surface area contributed by atoms with Crippen LogP contribution in [0.15, 0.2) is 0 Å². The van der Waals surface area contributed by atoms with Crippen molar-refractivity contribution in [1.82, 2.24) is 15.5 Å². The second kappa shape index (κ2) is 12.8. The minimum atomic E-state index is -1.75. The van der Waals surface area contributed by atoms with Gasteiger partial charge in [-0.1, -0.05) is 0 Å². The van der Waals surface area contributed by atoms with E-state index >= 15 is 0 Å². The number of carboxylic acids is 1. The smallest absolute Gasteiger partial charge is 0.320 e. The van der Waals surface area contributed by atoms with Crippen LogP contribution in [0.5, 0.6) is 0 Å². The molecule has 0 aliphatic heterocycles. The highest BCUT2D eigenvalue weighted by Crippen LogP contribution is 2.06. The molecule has 11 heteroatoms. The minimum absolute atomic E-state index is 0.303. The Hall–Kier alpha value is -1.50. The zero-order chi connectivity index (χ0) is 20.3. The third-order valence-electron chi connectivity index (χ3n) is 3.98. The molecular formula is C15H31N3O8. The van der Waals surface area contributed by atoms with Crippen LogP contribution in [-0.4, -0.2) is 112 Å². The Labute approximate surface area is 152 Å². The number of likely N-dealkylation sites (N-methyl/N-ethyl adjacent to an activating group) is 2. The van der Waals surface area contributed by atoms with Crippen molar-refractivity contribution in [1.29, 1.82) is 0 Å². The molecule has 0 bridgehead atoms. The SMILES string of the molecule is CN[C@@H](CCCCNC(=O)N(C)C[C@H](O)[C@@H](O)[C@H](O)[C@H](O)CO)C(=O)O. The van der Waals surface area contributed by atoms with Crippen molar-refractivity contribution in [3.63, 3.8) is 0 Å². The summed E-state index contributed by atoms with van der Waals surface area (Å²) in [6, 6.07) is -1.15. The Morgan fingerprint density at radius 2 is 1.62 bits per heavy atom. The number of aliphatic hydroxyl groups excluding tert-OH is 5. The van der Waals surface area contributed by atoms with E-state index in [-0.39, 0.29) is 6.54 Å². The predicted molar refractivity (Wildman–Crippen MR) is 91.5 cm³/mol. The van der Waals surface area contributed by atoms with Crippen molar-refractivity contribution in [2.45, 2.75) is 49.7 Å². The summed E-state index contributed by atoms with van der Waals surface area (Å²) in [6.45, 7) is -0.773. The molecule has 0 aromatic carbocycles. The summed E-state index contributed by atoms with van der Waals surface area (Å²) in [5.41, 5.74) is 0. The number of nitrogens with zero attached hydrogens (tertiary/aromatic N) is 1. The molecule has 0 unspecified atom stereocenters. The van der Waals surface area contributed by atoms with Gasteiger partial charge < -0.3 is 46.2 Å². The van der Waals surface area contributed by atoms with Crippen molar-refractivity contribution in [3.8, 4) is 0 Å². The number of hydrogen-bond acceptors (Lipinski definition) is 8. The van der Waals surface area contributed by atoms with Crippen LogP contribution in [-0.2, 0) is 4.79 Å². The van der Waals surface area contributed by atoms with E-state index in [9.17, 15) is 30.0 Å². The number of carboxylic acid groups (broad SMARTS) is 1. The largest absolute Gasteiger partial charge is 0.480 e. The lowest BCUT2D eigenvalue weighted by Crippen LogP contribution is -2.51. The van der Waals surface area contributed by atoms with Gasteiger partial charge in [-0.25, -0.2) is 4.79 Å². The summed E-state index contributed by atoms with van der Waals surface area (Å²) in [6.07, 6.45) is -5.03. The average molecular weight is 381 g/mol. The number of nitrogens with one attached hydrogen (secondary N) is 2. The number of rotatable bonds is 13. The summed E-state index contributed by atoms with van der Waals surface area (Å²) in [7, 11) is 2.94. The maximum absolute atomic E-state index is 11.9. The van der Waals surface area contributed by atoms with E-state index in [2.05, 4.69) is 10.6 Å². The molecule has 0 fully saturated rings. The van der Waals surface area contributed by atoms with Gasteiger partial charge in [0.1, 0.15) is 30.5 Å². The third-order valence-corrected chi connectivity index (χ3v) is 3.98. The number of hydrogen-bond donors (Lipinski definition) is 8. The molecule has 2 amide bonds. The van der Waals surface area contributed by atoms with E-state index in [0.29, 0.717) is 25.8 Å². The van der Waals surface area contributed by atoms with Gasteiger partial charge in [0.05, 0.1) is 13.2 Å². The molecule has 0 heterocycles. The standard InChI is InChI=1S/C15H31N3O8/c1-16-9(14(24)25)5-3-4-6-17-15(26)18(2)7-10(20)12(22)13(23)11(21)8-19/h9-13,16,19-23H,3-8H2,1-2H3,(H,17,26)(H,24,25)/t9-,10-,11+,12+,13+/m0/s1. The second-order valence-electron chi connectivity index (χ2n) is 6.09. The lowest BCUT2D eigenvalue weighted by atomic mass is 10.0. The van der Waals surface area contributed by atoms with Gasteiger partial charge in [0.15, 0.2) is 0 Å². The van der Waals surface area contributed by atoms with E-state index in [4.69, 9.17) is 10.2 Å². The van der Waals surface area contributed by atoms with E-state index in [0.717, 1.165) is 4.90 Å². The van der Waals surface area contributed by atoms with Crippen molar-refractivity contribution in [2.75, 3.05) is 33.8 Å². The number of aliphatic hydroxyl groups is 5. The van der Waals surface area contributed by atoms with E-state index < -0.39 is 49.1 Å². The van der Waals surface area contributed by atoms with Crippen LogP contribution in [0.1, 0.15) is 19.3 Å². The first kappa shape index (κ1) is 24.5. The van der Waals surface area contributed by atoms with Crippen molar-refractivity contribution in [3.05, 3.63) is 0 Å². The van der Waals surface area contributed by atoms with Crippen LogP contribution >= 0.6 is 0 Å². The molecular weight excluding hydrogens is 350 g/mol. The van der Waals surface area contributed by atoms with Crippen molar-refractivity contribution < 1.29 is 40.2 Å². The summed E-state index contributed by atoms with van der Waals surface area (Å²) in [4.78, 5) is 23.8. The van der Waals surface area contributed by atoms with Gasteiger partial charge in [0.25, 0.3) is 0 Å². The normalized spacial score (nSPS) is 17.0. The summed E-state index contributed by atoms with van der Waals surface area (Å²) in [5.74, 6) is -0.933. The number of carbonyl (C=O) groups is 2. The minimum Gasteiger partial charge on any atom is -0.480 e. The Morgan fingerprint density at radius 1 is 1.04 bits per heavy atom. The highest BCUT2D eigenvalue weighted by molar-refractivity contribution is 5.74. The lowest BCUT2D eigenvalue weighted by molar-refractivity contribution is -0.139. The summed E-state index contributed by atoms with van der Waals surface area (Å²) >= 11 is 0.